The summed E-state index contributed by atoms with van der Waals surface area (Å²) in [5.74, 6) is 1.01. The normalized spacial score (nSPS) is 30.5. The van der Waals surface area contributed by atoms with Crippen molar-refractivity contribution in [2.75, 3.05) is 11.9 Å². The molecule has 2 N–H and O–H groups in total. The van der Waals surface area contributed by atoms with E-state index in [1.807, 2.05) is 19.1 Å². The molecule has 0 aromatic heterocycles. The number of carbonyl (C=O) groups excluding carboxylic acids is 3. The lowest BCUT2D eigenvalue weighted by Crippen LogP contribution is -2.56. The molecule has 0 aliphatic heterocycles. The van der Waals surface area contributed by atoms with Crippen LogP contribution in [0.4, 0.5) is 5.69 Å². The van der Waals surface area contributed by atoms with Crippen LogP contribution in [0.2, 0.25) is 0 Å². The van der Waals surface area contributed by atoms with Crippen molar-refractivity contribution in [2.45, 2.75) is 58.4 Å². The second-order valence-corrected chi connectivity index (χ2v) is 9.41. The molecule has 4 fully saturated rings. The number of esters is 1. The van der Waals surface area contributed by atoms with Gasteiger partial charge in [-0.3, -0.25) is 9.59 Å². The van der Waals surface area contributed by atoms with Crippen LogP contribution in [0.3, 0.4) is 0 Å². The number of hydrogen-bond acceptors (Lipinski definition) is 4. The number of amides is 2. The first-order valence-corrected chi connectivity index (χ1v) is 10.7. The van der Waals surface area contributed by atoms with E-state index in [0.29, 0.717) is 23.4 Å². The highest BCUT2D eigenvalue weighted by Gasteiger charge is 2.54. The predicted octanol–water partition coefficient (Wildman–Crippen LogP) is 3.20. The molecule has 6 nitrogen and oxygen atoms in total. The number of carbonyl (C=O) groups is 3. The highest BCUT2D eigenvalue weighted by molar-refractivity contribution is 5.93. The van der Waals surface area contributed by atoms with Crippen molar-refractivity contribution in [3.05, 3.63) is 29.8 Å². The Bertz CT molecular complexity index is 766. The zero-order chi connectivity index (χ0) is 20.6. The summed E-state index contributed by atoms with van der Waals surface area (Å²) in [6.07, 6.45) is 6.64. The molecule has 0 spiro atoms. The van der Waals surface area contributed by atoms with E-state index >= 15 is 0 Å². The first kappa shape index (κ1) is 19.9. The molecule has 4 aliphatic rings. The number of hydrogen-bond donors (Lipinski definition) is 2. The lowest BCUT2D eigenvalue weighted by atomic mass is 9.49. The standard InChI is InChI=1S/C23H30N2O4/c1-14-3-5-19(6-4-14)25-20(26)13-29-21(27)15(2)24-22(28)23-10-16-7-17(11-23)9-18(8-16)12-23/h3-6,15-18H,7-13H2,1-2H3,(H,24,28)(H,25,26)/t15-,16?,17?,18?,23?/m0/s1. The Balaban J connectivity index is 1.25. The first-order chi connectivity index (χ1) is 13.8. The van der Waals surface area contributed by atoms with Crippen molar-refractivity contribution in [2.24, 2.45) is 23.2 Å². The molecule has 4 aliphatic carbocycles. The Labute approximate surface area is 171 Å². The Hall–Kier alpha value is -2.37. The van der Waals surface area contributed by atoms with Gasteiger partial charge in [0.15, 0.2) is 6.61 Å². The number of nitrogens with one attached hydrogen (secondary N) is 2. The SMILES string of the molecule is Cc1ccc(NC(=O)COC(=O)[C@H](C)NC(=O)C23CC4CC(CC(C4)C2)C3)cc1. The summed E-state index contributed by atoms with van der Waals surface area (Å²) in [6.45, 7) is 3.22. The molecule has 5 rings (SSSR count). The summed E-state index contributed by atoms with van der Waals surface area (Å²) in [7, 11) is 0. The highest BCUT2D eigenvalue weighted by atomic mass is 16.5. The third kappa shape index (κ3) is 4.31. The molecular weight excluding hydrogens is 368 g/mol. The molecule has 4 saturated carbocycles. The van der Waals surface area contributed by atoms with Crippen LogP contribution >= 0.6 is 0 Å². The number of aryl methyl sites for hydroxylation is 1. The summed E-state index contributed by atoms with van der Waals surface area (Å²) < 4.78 is 5.12. The molecule has 1 aromatic carbocycles. The van der Waals surface area contributed by atoms with Gasteiger partial charge in [0.1, 0.15) is 6.04 Å². The fourth-order valence-electron chi connectivity index (χ4n) is 5.89. The van der Waals surface area contributed by atoms with Crippen LogP contribution < -0.4 is 10.6 Å². The monoisotopic (exact) mass is 398 g/mol. The summed E-state index contributed by atoms with van der Waals surface area (Å²) in [5.41, 5.74) is 1.45. The number of anilines is 1. The van der Waals surface area contributed by atoms with Gasteiger partial charge in [0.25, 0.3) is 5.91 Å². The topological polar surface area (TPSA) is 84.5 Å². The van der Waals surface area contributed by atoms with Crippen molar-refractivity contribution in [3.8, 4) is 0 Å². The van der Waals surface area contributed by atoms with Gasteiger partial charge in [0.2, 0.25) is 5.91 Å². The van der Waals surface area contributed by atoms with E-state index in [0.717, 1.165) is 24.8 Å². The van der Waals surface area contributed by atoms with Gasteiger partial charge in [0, 0.05) is 11.1 Å². The van der Waals surface area contributed by atoms with Gasteiger partial charge in [-0.15, -0.1) is 0 Å². The van der Waals surface area contributed by atoms with E-state index in [4.69, 9.17) is 4.74 Å². The van der Waals surface area contributed by atoms with Crippen LogP contribution in [0, 0.1) is 30.1 Å². The van der Waals surface area contributed by atoms with E-state index in [-0.39, 0.29) is 17.9 Å². The quantitative estimate of drug-likeness (QED) is 0.721. The van der Waals surface area contributed by atoms with Crippen molar-refractivity contribution in [1.82, 2.24) is 5.32 Å². The minimum Gasteiger partial charge on any atom is -0.454 e. The third-order valence-corrected chi connectivity index (χ3v) is 6.90. The molecule has 0 saturated heterocycles. The molecule has 0 unspecified atom stereocenters. The maximum Gasteiger partial charge on any atom is 0.328 e. The van der Waals surface area contributed by atoms with E-state index in [9.17, 15) is 14.4 Å². The molecule has 29 heavy (non-hydrogen) atoms. The average Bonchev–Trinajstić information content (AvgIpc) is 2.66. The maximum absolute atomic E-state index is 13.0. The fourth-order valence-corrected chi connectivity index (χ4v) is 5.89. The highest BCUT2D eigenvalue weighted by Crippen LogP contribution is 2.60. The summed E-state index contributed by atoms with van der Waals surface area (Å²) >= 11 is 0. The van der Waals surface area contributed by atoms with Gasteiger partial charge in [-0.05, 0) is 82.3 Å². The molecule has 1 aromatic rings. The second-order valence-electron chi connectivity index (χ2n) is 9.41. The summed E-state index contributed by atoms with van der Waals surface area (Å²) in [4.78, 5) is 37.3. The van der Waals surface area contributed by atoms with Crippen molar-refractivity contribution < 1.29 is 19.1 Å². The van der Waals surface area contributed by atoms with E-state index < -0.39 is 17.9 Å². The smallest absolute Gasteiger partial charge is 0.328 e. The van der Waals surface area contributed by atoms with Crippen molar-refractivity contribution >= 4 is 23.5 Å². The second kappa shape index (κ2) is 7.81. The third-order valence-electron chi connectivity index (χ3n) is 6.90. The van der Waals surface area contributed by atoms with Gasteiger partial charge < -0.3 is 15.4 Å². The van der Waals surface area contributed by atoms with E-state index in [1.54, 1.807) is 19.1 Å². The summed E-state index contributed by atoms with van der Waals surface area (Å²) in [6, 6.07) is 6.61. The number of benzene rings is 1. The van der Waals surface area contributed by atoms with Gasteiger partial charge in [0.05, 0.1) is 0 Å². The molecule has 1 atom stereocenters. The lowest BCUT2D eigenvalue weighted by molar-refractivity contribution is -0.154. The minimum atomic E-state index is -0.761. The van der Waals surface area contributed by atoms with E-state index in [2.05, 4.69) is 10.6 Å². The van der Waals surface area contributed by atoms with Crippen molar-refractivity contribution in [1.29, 1.82) is 0 Å². The molecule has 4 bridgehead atoms. The van der Waals surface area contributed by atoms with Gasteiger partial charge in [-0.1, -0.05) is 17.7 Å². The van der Waals surface area contributed by atoms with Crippen LogP contribution in [-0.2, 0) is 19.1 Å². The minimum absolute atomic E-state index is 0.00911. The molecule has 0 radical (unpaired) electrons. The molecule has 6 heteroatoms. The first-order valence-electron chi connectivity index (χ1n) is 10.7. The van der Waals surface area contributed by atoms with Crippen LogP contribution in [0.5, 0.6) is 0 Å². The van der Waals surface area contributed by atoms with Gasteiger partial charge in [-0.25, -0.2) is 4.79 Å². The Morgan fingerprint density at radius 3 is 2.14 bits per heavy atom. The van der Waals surface area contributed by atoms with E-state index in [1.165, 1.54) is 19.3 Å². The van der Waals surface area contributed by atoms with Gasteiger partial charge >= 0.3 is 5.97 Å². The predicted molar refractivity (Wildman–Crippen MR) is 109 cm³/mol. The number of rotatable bonds is 6. The van der Waals surface area contributed by atoms with Gasteiger partial charge in [-0.2, -0.15) is 0 Å². The maximum atomic E-state index is 13.0. The van der Waals surface area contributed by atoms with Crippen LogP contribution in [0.15, 0.2) is 24.3 Å². The zero-order valence-electron chi connectivity index (χ0n) is 17.2. The summed E-state index contributed by atoms with van der Waals surface area (Å²) in [5, 5.41) is 5.56. The van der Waals surface area contributed by atoms with Crippen molar-refractivity contribution in [3.63, 3.8) is 0 Å². The zero-order valence-corrected chi connectivity index (χ0v) is 17.2. The fraction of sp³-hybridized carbons (Fsp3) is 0.609. The van der Waals surface area contributed by atoms with Crippen LogP contribution in [-0.4, -0.2) is 30.4 Å². The average molecular weight is 399 g/mol. The number of ether oxygens (including phenoxy) is 1. The molecule has 2 amide bonds. The molecule has 156 valence electrons. The Kier molecular flexibility index (Phi) is 5.36. The van der Waals surface area contributed by atoms with Crippen LogP contribution in [0.25, 0.3) is 0 Å². The Morgan fingerprint density at radius 1 is 1.03 bits per heavy atom. The lowest BCUT2D eigenvalue weighted by Gasteiger charge is -2.55. The Morgan fingerprint density at radius 2 is 1.59 bits per heavy atom. The molecular formula is C23H30N2O4. The molecule has 0 heterocycles. The van der Waals surface area contributed by atoms with Crippen LogP contribution in [0.1, 0.15) is 51.0 Å². The largest absolute Gasteiger partial charge is 0.454 e.